The second-order valence-corrected chi connectivity index (χ2v) is 8.61. The molecule has 1 fully saturated rings. The molecule has 1 saturated heterocycles. The van der Waals surface area contributed by atoms with Gasteiger partial charge in [-0.1, -0.05) is 0 Å². The van der Waals surface area contributed by atoms with Gasteiger partial charge in [0.1, 0.15) is 13.2 Å². The highest BCUT2D eigenvalue weighted by atomic mass is 32.2. The average Bonchev–Trinajstić information content (AvgIpc) is 3.07. The highest BCUT2D eigenvalue weighted by Crippen LogP contribution is 2.34. The molecule has 4 rings (SSSR count). The van der Waals surface area contributed by atoms with Crippen molar-refractivity contribution in [2.45, 2.75) is 26.3 Å². The number of hydrogen-bond donors (Lipinski definition) is 0. The molecule has 160 valence electrons. The van der Waals surface area contributed by atoms with Crippen molar-refractivity contribution in [3.8, 4) is 17.2 Å². The second kappa shape index (κ2) is 8.63. The van der Waals surface area contributed by atoms with Crippen LogP contribution in [0.15, 0.2) is 24.3 Å². The molecule has 3 heterocycles. The van der Waals surface area contributed by atoms with E-state index in [9.17, 15) is 9.59 Å². The van der Waals surface area contributed by atoms with Crippen LogP contribution >= 0.6 is 11.8 Å². The molecule has 0 spiro atoms. The summed E-state index contributed by atoms with van der Waals surface area (Å²) in [5, 5.41) is 0. The number of amides is 1. The van der Waals surface area contributed by atoms with E-state index in [0.29, 0.717) is 31.1 Å². The van der Waals surface area contributed by atoms with Crippen LogP contribution in [0.5, 0.6) is 11.5 Å². The Labute approximate surface area is 180 Å². The fourth-order valence-corrected chi connectivity index (χ4v) is 5.13. The van der Waals surface area contributed by atoms with E-state index >= 15 is 0 Å². The van der Waals surface area contributed by atoms with Gasteiger partial charge in [0.05, 0.1) is 25.1 Å². The summed E-state index contributed by atoms with van der Waals surface area (Å²) in [4.78, 5) is 27.1. The lowest BCUT2D eigenvalue weighted by atomic mass is 10.1. The van der Waals surface area contributed by atoms with Gasteiger partial charge in [-0.05, 0) is 32.0 Å². The lowest BCUT2D eigenvalue weighted by Crippen LogP contribution is -2.47. The molecule has 7 nitrogen and oxygen atoms in total. The largest absolute Gasteiger partial charge is 0.486 e. The van der Waals surface area contributed by atoms with E-state index in [1.807, 2.05) is 43.0 Å². The van der Waals surface area contributed by atoms with Crippen LogP contribution in [-0.4, -0.2) is 65.8 Å². The molecule has 30 heavy (non-hydrogen) atoms. The molecule has 2 aliphatic heterocycles. The number of aryl methyl sites for hydroxylation is 1. The number of hydrogen-bond acceptors (Lipinski definition) is 6. The molecule has 1 amide bonds. The smallest absolute Gasteiger partial charge is 0.307 e. The Bertz CT molecular complexity index is 971. The summed E-state index contributed by atoms with van der Waals surface area (Å²) in [7, 11) is 1.38. The average molecular weight is 431 g/mol. The van der Waals surface area contributed by atoms with Gasteiger partial charge in [-0.15, -0.1) is 0 Å². The van der Waals surface area contributed by atoms with Crippen LogP contribution in [0.2, 0.25) is 0 Å². The number of benzene rings is 1. The van der Waals surface area contributed by atoms with Crippen molar-refractivity contribution < 1.29 is 23.8 Å². The first-order chi connectivity index (χ1) is 14.5. The SMILES string of the molecule is COC(=O)CC1CSCCN1C(=O)c1cc(C)n(-c2ccc3c(c2)OCCO3)c1C. The first kappa shape index (κ1) is 20.7. The highest BCUT2D eigenvalue weighted by molar-refractivity contribution is 7.99. The standard InChI is InChI=1S/C22H26N2O5S/c1-14-10-18(22(26)23-6-9-30-13-17(23)12-21(25)27-3)15(2)24(14)16-4-5-19-20(11-16)29-8-7-28-19/h4-5,10-11,17H,6-9,12-13H2,1-3H3. The Morgan fingerprint density at radius 1 is 1.17 bits per heavy atom. The van der Waals surface area contributed by atoms with Gasteiger partial charge in [0, 0.05) is 41.2 Å². The fourth-order valence-electron chi connectivity index (χ4n) is 4.07. The van der Waals surface area contributed by atoms with E-state index in [-0.39, 0.29) is 24.3 Å². The number of nitrogens with zero attached hydrogens (tertiary/aromatic N) is 2. The number of methoxy groups -OCH3 is 1. The van der Waals surface area contributed by atoms with Crippen molar-refractivity contribution >= 4 is 23.6 Å². The number of carbonyl (C=O) groups excluding carboxylic acids is 2. The lowest BCUT2D eigenvalue weighted by Gasteiger charge is -2.35. The van der Waals surface area contributed by atoms with Crippen molar-refractivity contribution in [2.24, 2.45) is 0 Å². The topological polar surface area (TPSA) is 70.0 Å². The van der Waals surface area contributed by atoms with Gasteiger partial charge in [0.15, 0.2) is 11.5 Å². The molecule has 1 aromatic heterocycles. The fraction of sp³-hybridized carbons (Fsp3) is 0.455. The maximum Gasteiger partial charge on any atom is 0.307 e. The Balaban J connectivity index is 1.64. The third-order valence-electron chi connectivity index (χ3n) is 5.56. The number of esters is 1. The molecule has 0 bridgehead atoms. The molecule has 2 aliphatic rings. The maximum absolute atomic E-state index is 13.4. The quantitative estimate of drug-likeness (QED) is 0.695. The zero-order valence-electron chi connectivity index (χ0n) is 17.5. The molecule has 8 heteroatoms. The number of thioether (sulfide) groups is 1. The minimum Gasteiger partial charge on any atom is -0.486 e. The van der Waals surface area contributed by atoms with Gasteiger partial charge < -0.3 is 23.7 Å². The van der Waals surface area contributed by atoms with Gasteiger partial charge in [-0.25, -0.2) is 0 Å². The molecule has 1 unspecified atom stereocenters. The molecule has 0 N–H and O–H groups in total. The van der Waals surface area contributed by atoms with Crippen LogP contribution in [0.4, 0.5) is 0 Å². The first-order valence-electron chi connectivity index (χ1n) is 10.0. The van der Waals surface area contributed by atoms with Crippen molar-refractivity contribution in [1.82, 2.24) is 9.47 Å². The van der Waals surface area contributed by atoms with E-state index in [2.05, 4.69) is 4.57 Å². The lowest BCUT2D eigenvalue weighted by molar-refractivity contribution is -0.141. The van der Waals surface area contributed by atoms with Crippen LogP contribution in [0.1, 0.15) is 28.2 Å². The van der Waals surface area contributed by atoms with Crippen LogP contribution < -0.4 is 9.47 Å². The van der Waals surface area contributed by atoms with Crippen LogP contribution in [0.25, 0.3) is 5.69 Å². The number of carbonyl (C=O) groups is 2. The summed E-state index contributed by atoms with van der Waals surface area (Å²) in [6, 6.07) is 7.59. The number of fused-ring (bicyclic) bond motifs is 1. The molecular weight excluding hydrogens is 404 g/mol. The summed E-state index contributed by atoms with van der Waals surface area (Å²) in [5.74, 6) is 2.72. The summed E-state index contributed by atoms with van der Waals surface area (Å²) < 4.78 is 18.2. The number of ether oxygens (including phenoxy) is 3. The van der Waals surface area contributed by atoms with Crippen molar-refractivity contribution in [1.29, 1.82) is 0 Å². The van der Waals surface area contributed by atoms with Gasteiger partial charge in [-0.2, -0.15) is 11.8 Å². The normalized spacial score (nSPS) is 18.2. The number of aromatic nitrogens is 1. The van der Waals surface area contributed by atoms with Crippen LogP contribution in [0, 0.1) is 13.8 Å². The Morgan fingerprint density at radius 2 is 1.93 bits per heavy atom. The van der Waals surface area contributed by atoms with Gasteiger partial charge in [0.25, 0.3) is 5.91 Å². The van der Waals surface area contributed by atoms with Crippen molar-refractivity contribution in [3.05, 3.63) is 41.2 Å². The van der Waals surface area contributed by atoms with Gasteiger partial charge in [0.2, 0.25) is 0 Å². The monoisotopic (exact) mass is 430 g/mol. The predicted molar refractivity (Wildman–Crippen MR) is 115 cm³/mol. The zero-order chi connectivity index (χ0) is 21.3. The van der Waals surface area contributed by atoms with E-state index in [0.717, 1.165) is 34.3 Å². The molecule has 0 aliphatic carbocycles. The van der Waals surface area contributed by atoms with Crippen LogP contribution in [0.3, 0.4) is 0 Å². The minimum absolute atomic E-state index is 0.0407. The molecule has 2 aromatic rings. The molecular formula is C22H26N2O5S. The summed E-state index contributed by atoms with van der Waals surface area (Å²) in [6.07, 6.45) is 0.218. The summed E-state index contributed by atoms with van der Waals surface area (Å²) >= 11 is 1.76. The van der Waals surface area contributed by atoms with Crippen LogP contribution in [-0.2, 0) is 9.53 Å². The zero-order valence-corrected chi connectivity index (χ0v) is 18.3. The first-order valence-corrected chi connectivity index (χ1v) is 11.2. The highest BCUT2D eigenvalue weighted by Gasteiger charge is 2.31. The second-order valence-electron chi connectivity index (χ2n) is 7.46. The molecule has 0 radical (unpaired) electrons. The molecule has 1 aromatic carbocycles. The van der Waals surface area contributed by atoms with E-state index in [4.69, 9.17) is 14.2 Å². The molecule has 1 atom stereocenters. The Morgan fingerprint density at radius 3 is 2.70 bits per heavy atom. The van der Waals surface area contributed by atoms with Crippen molar-refractivity contribution in [2.75, 3.05) is 38.4 Å². The van der Waals surface area contributed by atoms with E-state index in [1.165, 1.54) is 7.11 Å². The minimum atomic E-state index is -0.290. The number of rotatable bonds is 4. The summed E-state index contributed by atoms with van der Waals surface area (Å²) in [5.41, 5.74) is 3.41. The maximum atomic E-state index is 13.4. The van der Waals surface area contributed by atoms with E-state index < -0.39 is 0 Å². The van der Waals surface area contributed by atoms with Gasteiger partial charge >= 0.3 is 5.97 Å². The van der Waals surface area contributed by atoms with Crippen molar-refractivity contribution in [3.63, 3.8) is 0 Å². The molecule has 0 saturated carbocycles. The third-order valence-corrected chi connectivity index (χ3v) is 6.66. The van der Waals surface area contributed by atoms with Gasteiger partial charge in [-0.3, -0.25) is 9.59 Å². The summed E-state index contributed by atoms with van der Waals surface area (Å²) in [6.45, 7) is 5.63. The Hall–Kier alpha value is -2.61. The third kappa shape index (κ3) is 3.88. The van der Waals surface area contributed by atoms with E-state index in [1.54, 1.807) is 11.8 Å². The predicted octanol–water partition coefficient (Wildman–Crippen LogP) is 2.99. The Kier molecular flexibility index (Phi) is 5.94.